The van der Waals surface area contributed by atoms with Gasteiger partial charge in [-0.05, 0) is 19.8 Å². The van der Waals surface area contributed by atoms with E-state index >= 15 is 0 Å². The highest BCUT2D eigenvalue weighted by atomic mass is 32.1. The molecule has 2 N–H and O–H groups in total. The standard InChI is InChI=1S/C13H19N3O2S/c1-3-16(8-9-5-4-6-18-9)13-12(17-2)11(15)10(7-14)19-13/h9H,3-6,8,15H2,1-2H3. The van der Waals surface area contributed by atoms with E-state index in [1.807, 2.05) is 0 Å². The maximum Gasteiger partial charge on any atom is 0.177 e. The highest BCUT2D eigenvalue weighted by molar-refractivity contribution is 7.17. The Balaban J connectivity index is 2.24. The third-order valence-electron chi connectivity index (χ3n) is 3.30. The number of ether oxygens (including phenoxy) is 2. The zero-order valence-electron chi connectivity index (χ0n) is 11.3. The normalized spacial score (nSPS) is 18.3. The van der Waals surface area contributed by atoms with Crippen molar-refractivity contribution in [2.75, 3.05) is 37.4 Å². The van der Waals surface area contributed by atoms with E-state index in [2.05, 4.69) is 17.9 Å². The van der Waals surface area contributed by atoms with Crippen molar-refractivity contribution in [2.24, 2.45) is 0 Å². The summed E-state index contributed by atoms with van der Waals surface area (Å²) in [5.41, 5.74) is 6.37. The number of nitrogens with two attached hydrogens (primary N) is 1. The molecule has 1 aromatic heterocycles. The molecule has 2 rings (SSSR count). The van der Waals surface area contributed by atoms with E-state index in [0.29, 0.717) is 16.3 Å². The minimum atomic E-state index is 0.263. The Bertz CT molecular complexity index is 475. The number of nitrogens with zero attached hydrogens (tertiary/aromatic N) is 2. The summed E-state index contributed by atoms with van der Waals surface area (Å²) >= 11 is 1.39. The van der Waals surface area contributed by atoms with Crippen LogP contribution in [0.1, 0.15) is 24.6 Å². The second kappa shape index (κ2) is 6.13. The van der Waals surface area contributed by atoms with Crippen LogP contribution in [0.2, 0.25) is 0 Å². The first kappa shape index (κ1) is 14.0. The molecule has 1 fully saturated rings. The van der Waals surface area contributed by atoms with Crippen LogP contribution in [0.4, 0.5) is 10.7 Å². The minimum Gasteiger partial charge on any atom is -0.492 e. The molecule has 0 spiro atoms. The minimum absolute atomic E-state index is 0.263. The molecule has 1 unspecified atom stereocenters. The van der Waals surface area contributed by atoms with E-state index in [0.717, 1.165) is 37.5 Å². The molecule has 0 aromatic carbocycles. The maximum absolute atomic E-state index is 9.07. The van der Waals surface area contributed by atoms with Crippen molar-refractivity contribution in [3.8, 4) is 11.8 Å². The van der Waals surface area contributed by atoms with Crippen LogP contribution < -0.4 is 15.4 Å². The molecule has 1 aliphatic rings. The lowest BCUT2D eigenvalue weighted by Crippen LogP contribution is -2.31. The first-order valence-corrected chi connectivity index (χ1v) is 7.25. The van der Waals surface area contributed by atoms with Crippen molar-refractivity contribution < 1.29 is 9.47 Å². The molecule has 0 saturated carbocycles. The zero-order chi connectivity index (χ0) is 13.8. The summed E-state index contributed by atoms with van der Waals surface area (Å²) in [6, 6.07) is 2.12. The molecular formula is C13H19N3O2S. The lowest BCUT2D eigenvalue weighted by atomic mass is 10.2. The van der Waals surface area contributed by atoms with Gasteiger partial charge in [-0.15, -0.1) is 11.3 Å². The fourth-order valence-electron chi connectivity index (χ4n) is 2.29. The van der Waals surface area contributed by atoms with E-state index in [-0.39, 0.29) is 6.10 Å². The first-order valence-electron chi connectivity index (χ1n) is 6.44. The molecule has 0 aliphatic carbocycles. The quantitative estimate of drug-likeness (QED) is 0.896. The van der Waals surface area contributed by atoms with Crippen molar-refractivity contribution in [1.29, 1.82) is 5.26 Å². The fourth-order valence-corrected chi connectivity index (χ4v) is 3.35. The Kier molecular flexibility index (Phi) is 4.51. The number of anilines is 2. The van der Waals surface area contributed by atoms with Crippen molar-refractivity contribution in [3.05, 3.63) is 4.88 Å². The molecule has 104 valence electrons. The Labute approximate surface area is 117 Å². The SMILES string of the molecule is CCN(CC1CCCO1)c1sc(C#N)c(N)c1OC. The second-order valence-corrected chi connectivity index (χ2v) is 5.47. The molecule has 1 aliphatic heterocycles. The van der Waals surface area contributed by atoms with E-state index < -0.39 is 0 Å². The first-order chi connectivity index (χ1) is 9.21. The highest BCUT2D eigenvalue weighted by Crippen LogP contribution is 2.44. The van der Waals surface area contributed by atoms with Crippen molar-refractivity contribution >= 4 is 22.0 Å². The predicted molar refractivity (Wildman–Crippen MR) is 76.9 cm³/mol. The van der Waals surface area contributed by atoms with Gasteiger partial charge < -0.3 is 20.1 Å². The second-order valence-electron chi connectivity index (χ2n) is 4.47. The number of thiophene rings is 1. The third-order valence-corrected chi connectivity index (χ3v) is 4.46. The van der Waals surface area contributed by atoms with Crippen LogP contribution >= 0.6 is 11.3 Å². The van der Waals surface area contributed by atoms with Crippen LogP contribution in [0.3, 0.4) is 0 Å². The maximum atomic E-state index is 9.07. The zero-order valence-corrected chi connectivity index (χ0v) is 12.1. The van der Waals surface area contributed by atoms with Crippen LogP contribution in [-0.4, -0.2) is 32.9 Å². The van der Waals surface area contributed by atoms with E-state index in [4.69, 9.17) is 20.5 Å². The molecule has 1 atom stereocenters. The van der Waals surface area contributed by atoms with Crippen LogP contribution in [-0.2, 0) is 4.74 Å². The van der Waals surface area contributed by atoms with Gasteiger partial charge in [-0.1, -0.05) is 0 Å². The molecule has 19 heavy (non-hydrogen) atoms. The fraction of sp³-hybridized carbons (Fsp3) is 0.615. The van der Waals surface area contributed by atoms with Gasteiger partial charge in [0.05, 0.1) is 13.2 Å². The number of nitrogen functional groups attached to an aromatic ring is 1. The highest BCUT2D eigenvalue weighted by Gasteiger charge is 2.24. The van der Waals surface area contributed by atoms with Gasteiger partial charge in [-0.25, -0.2) is 0 Å². The average molecular weight is 281 g/mol. The number of hydrogen-bond acceptors (Lipinski definition) is 6. The van der Waals surface area contributed by atoms with E-state index in [1.54, 1.807) is 7.11 Å². The number of likely N-dealkylation sites (N-methyl/N-ethyl adjacent to an activating group) is 1. The Morgan fingerprint density at radius 2 is 2.42 bits per heavy atom. The molecular weight excluding hydrogens is 262 g/mol. The van der Waals surface area contributed by atoms with Crippen LogP contribution in [0.25, 0.3) is 0 Å². The number of rotatable bonds is 5. The molecule has 1 aromatic rings. The molecule has 2 heterocycles. The lowest BCUT2D eigenvalue weighted by Gasteiger charge is -2.25. The van der Waals surface area contributed by atoms with Gasteiger partial charge in [0, 0.05) is 19.7 Å². The third kappa shape index (κ3) is 2.77. The summed E-state index contributed by atoms with van der Waals surface area (Å²) in [4.78, 5) is 2.69. The summed E-state index contributed by atoms with van der Waals surface area (Å²) in [5, 5.41) is 10.00. The van der Waals surface area contributed by atoms with Gasteiger partial charge >= 0.3 is 0 Å². The molecule has 0 amide bonds. The smallest absolute Gasteiger partial charge is 0.177 e. The number of nitriles is 1. The van der Waals surface area contributed by atoms with Crippen LogP contribution in [0.15, 0.2) is 0 Å². The summed E-state index contributed by atoms with van der Waals surface area (Å²) in [6.45, 7) is 4.57. The largest absolute Gasteiger partial charge is 0.492 e. The summed E-state index contributed by atoms with van der Waals surface area (Å²) < 4.78 is 11.0. The topological polar surface area (TPSA) is 71.5 Å². The molecule has 0 bridgehead atoms. The molecule has 5 nitrogen and oxygen atoms in total. The van der Waals surface area contributed by atoms with E-state index in [1.165, 1.54) is 11.3 Å². The lowest BCUT2D eigenvalue weighted by molar-refractivity contribution is 0.116. The summed E-state index contributed by atoms with van der Waals surface area (Å²) in [6.07, 6.45) is 2.47. The van der Waals surface area contributed by atoms with Gasteiger partial charge in [0.25, 0.3) is 0 Å². The molecule has 0 radical (unpaired) electrons. The average Bonchev–Trinajstić information content (AvgIpc) is 3.03. The van der Waals surface area contributed by atoms with Gasteiger partial charge in [-0.3, -0.25) is 0 Å². The van der Waals surface area contributed by atoms with Gasteiger partial charge in [0.15, 0.2) is 5.75 Å². The van der Waals surface area contributed by atoms with E-state index in [9.17, 15) is 0 Å². The Morgan fingerprint density at radius 1 is 1.63 bits per heavy atom. The summed E-state index contributed by atoms with van der Waals surface area (Å²) in [5.74, 6) is 0.612. The van der Waals surface area contributed by atoms with Crippen molar-refractivity contribution in [1.82, 2.24) is 0 Å². The van der Waals surface area contributed by atoms with Crippen molar-refractivity contribution in [3.63, 3.8) is 0 Å². The Morgan fingerprint density at radius 3 is 2.95 bits per heavy atom. The summed E-state index contributed by atoms with van der Waals surface area (Å²) in [7, 11) is 1.59. The van der Waals surface area contributed by atoms with Gasteiger partial charge in [0.1, 0.15) is 21.6 Å². The Hall–Kier alpha value is -1.45. The molecule has 1 saturated heterocycles. The van der Waals surface area contributed by atoms with Crippen LogP contribution in [0.5, 0.6) is 5.75 Å². The van der Waals surface area contributed by atoms with Crippen molar-refractivity contribution in [2.45, 2.75) is 25.9 Å². The molecule has 6 heteroatoms. The van der Waals surface area contributed by atoms with Gasteiger partial charge in [-0.2, -0.15) is 5.26 Å². The monoisotopic (exact) mass is 281 g/mol. The van der Waals surface area contributed by atoms with Gasteiger partial charge in [0.2, 0.25) is 0 Å². The van der Waals surface area contributed by atoms with Crippen LogP contribution in [0, 0.1) is 11.3 Å². The number of methoxy groups -OCH3 is 1. The number of hydrogen-bond donors (Lipinski definition) is 1. The predicted octanol–water partition coefficient (Wildman–Crippen LogP) is 2.22.